The van der Waals surface area contributed by atoms with E-state index in [2.05, 4.69) is 40.0 Å². The number of alkyl halides is 10. The van der Waals surface area contributed by atoms with E-state index in [1.165, 1.54) is 36.4 Å². The van der Waals surface area contributed by atoms with Crippen molar-refractivity contribution in [2.24, 2.45) is 11.5 Å². The largest absolute Gasteiger partial charge is 0.573 e. The van der Waals surface area contributed by atoms with Crippen molar-refractivity contribution in [3.8, 4) is 11.5 Å². The lowest BCUT2D eigenvalue weighted by atomic mass is 9.88. The SMILES string of the molecule is NCC1CCC(F)(F)CN1[C@@H](C(=O)[C@@H](c1cccc(Nc2cc(OC(F)(F)F)ccn2)n1)N1CC(F)(F)CCC1CN)c1cccc(Nc2cc(OC(F)(F)F)ccn2)n1. The van der Waals surface area contributed by atoms with Gasteiger partial charge >= 0.3 is 12.7 Å². The Bertz CT molecular complexity index is 1970. The standard InChI is InChI=1S/C37H38F10N10O3/c38-34(39)11-7-21(17-48)56(19-34)31(25-3-1-5-27(52-25)54-29-15-23(9-13-50-29)59-36(42,43)44)33(58)32(57-20-35(40,41)12-8-22(57)18-49)26-4-2-6-28(53-26)55-30-16-24(10-14-51-30)60-37(45,46)47/h1-6,9-10,13-16,21-22,31-32H,7-8,11-12,17-20,48-49H2,(H,50,52,54)(H,51,53,55)/t21?,22?,31-,32-/m1/s1. The van der Waals surface area contributed by atoms with Crippen LogP contribution < -0.4 is 31.6 Å². The van der Waals surface area contributed by atoms with Crippen LogP contribution in [0.3, 0.4) is 0 Å². The molecular weight excluding hydrogens is 822 g/mol. The lowest BCUT2D eigenvalue weighted by Gasteiger charge is -2.46. The minimum Gasteiger partial charge on any atom is -0.406 e. The first kappa shape index (κ1) is 44.2. The third kappa shape index (κ3) is 11.5. The van der Waals surface area contributed by atoms with E-state index >= 15 is 22.4 Å². The van der Waals surface area contributed by atoms with Gasteiger partial charge < -0.3 is 31.6 Å². The highest BCUT2D eigenvalue weighted by atomic mass is 19.4. The first-order chi connectivity index (χ1) is 28.2. The predicted octanol–water partition coefficient (Wildman–Crippen LogP) is 7.02. The molecule has 0 saturated carbocycles. The number of nitrogens with zero attached hydrogens (tertiary/aromatic N) is 6. The van der Waals surface area contributed by atoms with Crippen molar-refractivity contribution in [1.82, 2.24) is 29.7 Å². The van der Waals surface area contributed by atoms with Crippen LogP contribution in [-0.2, 0) is 4.79 Å². The van der Waals surface area contributed by atoms with Crippen molar-refractivity contribution < 1.29 is 58.2 Å². The lowest BCUT2D eigenvalue weighted by molar-refractivity contribution is -0.275. The number of aromatic nitrogens is 4. The van der Waals surface area contributed by atoms with Gasteiger partial charge in [-0.15, -0.1) is 26.3 Å². The van der Waals surface area contributed by atoms with Crippen LogP contribution >= 0.6 is 0 Å². The van der Waals surface area contributed by atoms with Crippen LogP contribution in [0.25, 0.3) is 0 Å². The maximum absolute atomic E-state index is 15.4. The zero-order chi connectivity index (χ0) is 43.5. The predicted molar refractivity (Wildman–Crippen MR) is 195 cm³/mol. The zero-order valence-electron chi connectivity index (χ0n) is 31.2. The molecule has 2 saturated heterocycles. The number of Topliss-reactive ketones (excluding diaryl/α,β-unsaturated/α-hetero) is 1. The Morgan fingerprint density at radius 2 is 1.08 bits per heavy atom. The summed E-state index contributed by atoms with van der Waals surface area (Å²) in [6, 6.07) is 6.77. The molecule has 0 bridgehead atoms. The van der Waals surface area contributed by atoms with Crippen LogP contribution in [0.4, 0.5) is 67.2 Å². The summed E-state index contributed by atoms with van der Waals surface area (Å²) in [4.78, 5) is 34.7. The zero-order valence-corrected chi connectivity index (χ0v) is 31.2. The second-order valence-corrected chi connectivity index (χ2v) is 14.1. The van der Waals surface area contributed by atoms with Crippen molar-refractivity contribution in [2.45, 2.75) is 74.4 Å². The summed E-state index contributed by atoms with van der Waals surface area (Å²) in [6.07, 6.45) is -9.47. The van der Waals surface area contributed by atoms with E-state index in [4.69, 9.17) is 11.5 Å². The Morgan fingerprint density at radius 3 is 1.45 bits per heavy atom. The van der Waals surface area contributed by atoms with Crippen LogP contribution in [-0.4, -0.2) is 98.4 Å². The van der Waals surface area contributed by atoms with E-state index in [0.29, 0.717) is 0 Å². The summed E-state index contributed by atoms with van der Waals surface area (Å²) >= 11 is 0. The molecule has 6 rings (SSSR count). The molecule has 4 atom stereocenters. The van der Waals surface area contributed by atoms with Gasteiger partial charge in [0.15, 0.2) is 5.78 Å². The summed E-state index contributed by atoms with van der Waals surface area (Å²) in [6.45, 7) is -2.40. The van der Waals surface area contributed by atoms with Gasteiger partial charge in [-0.3, -0.25) is 14.6 Å². The minimum atomic E-state index is -5.02. The lowest BCUT2D eigenvalue weighted by Crippen LogP contribution is -2.58. The van der Waals surface area contributed by atoms with Gasteiger partial charge in [0.1, 0.15) is 46.9 Å². The smallest absolute Gasteiger partial charge is 0.406 e. The summed E-state index contributed by atoms with van der Waals surface area (Å²) in [5.74, 6) is -9.39. The second kappa shape index (κ2) is 17.7. The van der Waals surface area contributed by atoms with E-state index in [9.17, 15) is 26.3 Å². The molecule has 2 aliphatic heterocycles. The van der Waals surface area contributed by atoms with Gasteiger partial charge in [-0.2, -0.15) is 0 Å². The number of carbonyl (C=O) groups is 1. The van der Waals surface area contributed by atoms with Crippen molar-refractivity contribution in [2.75, 3.05) is 36.8 Å². The van der Waals surface area contributed by atoms with Crippen LogP contribution in [0.15, 0.2) is 73.1 Å². The van der Waals surface area contributed by atoms with Crippen LogP contribution in [0.1, 0.15) is 49.2 Å². The first-order valence-electron chi connectivity index (χ1n) is 18.3. The van der Waals surface area contributed by atoms with Gasteiger partial charge in [0.05, 0.1) is 24.5 Å². The van der Waals surface area contributed by atoms with Gasteiger partial charge in [-0.1, -0.05) is 12.1 Å². The molecule has 2 unspecified atom stereocenters. The Morgan fingerprint density at radius 1 is 0.683 bits per heavy atom. The number of ether oxygens (including phenoxy) is 2. The summed E-state index contributed by atoms with van der Waals surface area (Å²) < 4.78 is 147. The average molecular weight is 861 g/mol. The number of ketones is 1. The van der Waals surface area contributed by atoms with Crippen LogP contribution in [0.5, 0.6) is 11.5 Å². The third-order valence-electron chi connectivity index (χ3n) is 9.74. The molecule has 13 nitrogen and oxygen atoms in total. The molecule has 0 spiro atoms. The molecule has 324 valence electrons. The number of hydrogen-bond acceptors (Lipinski definition) is 13. The Labute approximate surface area is 335 Å². The Balaban J connectivity index is 1.45. The van der Waals surface area contributed by atoms with E-state index in [1.54, 1.807) is 0 Å². The monoisotopic (exact) mass is 860 g/mol. The third-order valence-corrected chi connectivity index (χ3v) is 9.74. The molecule has 4 aromatic heterocycles. The number of nitrogens with one attached hydrogen (secondary N) is 2. The highest BCUT2D eigenvalue weighted by Crippen LogP contribution is 2.42. The van der Waals surface area contributed by atoms with Gasteiger partial charge in [0, 0.05) is 62.5 Å². The van der Waals surface area contributed by atoms with Crippen molar-refractivity contribution in [3.05, 3.63) is 84.4 Å². The molecule has 0 aliphatic carbocycles. The number of nitrogens with two attached hydrogens (primary N) is 2. The van der Waals surface area contributed by atoms with Gasteiger partial charge in [0.2, 0.25) is 0 Å². The highest BCUT2D eigenvalue weighted by molar-refractivity contribution is 5.91. The number of anilines is 4. The number of carbonyl (C=O) groups excluding carboxylic acids is 1. The van der Waals surface area contributed by atoms with E-state index in [-0.39, 0.29) is 60.6 Å². The number of piperidine rings is 2. The number of likely N-dealkylation sites (tertiary alicyclic amines) is 2. The van der Waals surface area contributed by atoms with Gasteiger partial charge in [-0.25, -0.2) is 37.5 Å². The number of rotatable bonds is 14. The highest BCUT2D eigenvalue weighted by Gasteiger charge is 2.50. The molecule has 2 aliphatic rings. The topological polar surface area (TPSA) is 170 Å². The Hall–Kier alpha value is -5.39. The molecule has 0 radical (unpaired) electrons. The number of halogens is 10. The fourth-order valence-electron chi connectivity index (χ4n) is 7.22. The maximum Gasteiger partial charge on any atom is 0.573 e. The van der Waals surface area contributed by atoms with Crippen LogP contribution in [0.2, 0.25) is 0 Å². The second-order valence-electron chi connectivity index (χ2n) is 14.1. The fraction of sp³-hybridized carbons (Fsp3) is 0.432. The molecule has 4 aromatic rings. The summed E-state index contributed by atoms with van der Waals surface area (Å²) in [7, 11) is 0. The number of hydrogen-bond donors (Lipinski definition) is 4. The molecule has 0 aromatic carbocycles. The average Bonchev–Trinajstić information content (AvgIpc) is 3.14. The fourth-order valence-corrected chi connectivity index (χ4v) is 7.22. The quantitative estimate of drug-likeness (QED) is 0.0956. The van der Waals surface area contributed by atoms with Gasteiger partial charge in [-0.05, 0) is 49.2 Å². The van der Waals surface area contributed by atoms with Crippen molar-refractivity contribution >= 4 is 29.1 Å². The normalized spacial score (nSPS) is 20.8. The van der Waals surface area contributed by atoms with E-state index in [1.807, 2.05) is 0 Å². The van der Waals surface area contributed by atoms with Gasteiger partial charge in [0.25, 0.3) is 11.8 Å². The Kier molecular flexibility index (Phi) is 13.0. The minimum absolute atomic E-state index is 0.0931. The van der Waals surface area contributed by atoms with Crippen molar-refractivity contribution in [3.63, 3.8) is 0 Å². The molecule has 0 amide bonds. The molecule has 2 fully saturated rings. The van der Waals surface area contributed by atoms with E-state index < -0.39 is 92.0 Å². The summed E-state index contributed by atoms with van der Waals surface area (Å²) in [5, 5.41) is 5.42. The molecular formula is C37H38F10N10O3. The maximum atomic E-state index is 15.4. The molecule has 60 heavy (non-hydrogen) atoms. The van der Waals surface area contributed by atoms with Crippen molar-refractivity contribution in [1.29, 1.82) is 0 Å². The number of pyridine rings is 4. The van der Waals surface area contributed by atoms with E-state index in [0.717, 1.165) is 46.5 Å². The van der Waals surface area contributed by atoms with Crippen LogP contribution in [0, 0.1) is 0 Å². The molecule has 6 N–H and O–H groups in total. The summed E-state index contributed by atoms with van der Waals surface area (Å²) in [5.41, 5.74) is 11.8. The molecule has 6 heterocycles. The molecule has 23 heteroatoms. The first-order valence-corrected chi connectivity index (χ1v) is 18.3.